The van der Waals surface area contributed by atoms with Gasteiger partial charge in [-0.3, -0.25) is 4.79 Å². The van der Waals surface area contributed by atoms with Crippen LogP contribution in [0.5, 0.6) is 5.75 Å². The van der Waals surface area contributed by atoms with Gasteiger partial charge < -0.3 is 10.1 Å². The Bertz CT molecular complexity index is 704. The Kier molecular flexibility index (Phi) is 7.02. The summed E-state index contributed by atoms with van der Waals surface area (Å²) in [5.41, 5.74) is 0.982. The molecular weight excluding hydrogens is 354 g/mol. The highest BCUT2D eigenvalue weighted by molar-refractivity contribution is 7.86. The van der Waals surface area contributed by atoms with Crippen LogP contribution in [-0.2, 0) is 15.0 Å². The van der Waals surface area contributed by atoms with E-state index in [0.29, 0.717) is 26.0 Å². The average Bonchev–Trinajstić information content (AvgIpc) is 2.62. The first kappa shape index (κ1) is 20.7. The molecule has 1 fully saturated rings. The smallest absolute Gasteiger partial charge is 0.281 e. The maximum Gasteiger partial charge on any atom is 0.281 e. The van der Waals surface area contributed by atoms with Gasteiger partial charge in [0.2, 0.25) is 5.91 Å². The first-order chi connectivity index (χ1) is 12.3. The zero-order valence-corrected chi connectivity index (χ0v) is 16.8. The fourth-order valence-electron chi connectivity index (χ4n) is 3.03. The van der Waals surface area contributed by atoms with Gasteiger partial charge in [-0.1, -0.05) is 12.1 Å². The van der Waals surface area contributed by atoms with Crippen LogP contribution in [0.25, 0.3) is 0 Å². The van der Waals surface area contributed by atoms with E-state index in [1.165, 1.54) is 22.7 Å². The molecule has 26 heavy (non-hydrogen) atoms. The zero-order valence-electron chi connectivity index (χ0n) is 15.9. The average molecular weight is 384 g/mol. The zero-order chi connectivity index (χ0) is 19.3. The van der Waals surface area contributed by atoms with E-state index >= 15 is 0 Å². The van der Waals surface area contributed by atoms with Crippen molar-refractivity contribution in [2.24, 2.45) is 5.92 Å². The van der Waals surface area contributed by atoms with Crippen molar-refractivity contribution in [3.63, 3.8) is 0 Å². The molecule has 1 aromatic carbocycles. The highest BCUT2D eigenvalue weighted by Gasteiger charge is 2.33. The number of hydrogen-bond acceptors (Lipinski definition) is 4. The van der Waals surface area contributed by atoms with Gasteiger partial charge >= 0.3 is 0 Å². The fraction of sp³-hybridized carbons (Fsp3) is 0.611. The molecule has 1 aliphatic rings. The van der Waals surface area contributed by atoms with Crippen LogP contribution in [0.15, 0.2) is 24.3 Å². The van der Waals surface area contributed by atoms with E-state index in [-0.39, 0.29) is 24.4 Å². The quantitative estimate of drug-likeness (QED) is 0.778. The van der Waals surface area contributed by atoms with Gasteiger partial charge in [-0.2, -0.15) is 17.0 Å². The third kappa shape index (κ3) is 4.96. The highest BCUT2D eigenvalue weighted by atomic mass is 32.2. The van der Waals surface area contributed by atoms with E-state index in [4.69, 9.17) is 4.74 Å². The van der Waals surface area contributed by atoms with Gasteiger partial charge in [0.25, 0.3) is 10.2 Å². The largest absolute Gasteiger partial charge is 0.494 e. The van der Waals surface area contributed by atoms with Crippen molar-refractivity contribution in [3.8, 4) is 5.75 Å². The number of carbonyl (C=O) groups is 1. The van der Waals surface area contributed by atoms with Gasteiger partial charge in [-0.15, -0.1) is 0 Å². The molecule has 1 heterocycles. The number of ether oxygens (including phenoxy) is 1. The summed E-state index contributed by atoms with van der Waals surface area (Å²) in [4.78, 5) is 12.6. The highest BCUT2D eigenvalue weighted by Crippen LogP contribution is 2.22. The fourth-order valence-corrected chi connectivity index (χ4v) is 4.22. The number of hydrogen-bond donors (Lipinski definition) is 1. The van der Waals surface area contributed by atoms with E-state index in [2.05, 4.69) is 5.32 Å². The molecule has 0 saturated carbocycles. The molecular formula is C18H29N3O4S. The summed E-state index contributed by atoms with van der Waals surface area (Å²) in [5.74, 6) is 0.361. The molecule has 2 rings (SSSR count). The second kappa shape index (κ2) is 8.83. The van der Waals surface area contributed by atoms with Crippen molar-refractivity contribution < 1.29 is 17.9 Å². The number of rotatable bonds is 7. The van der Waals surface area contributed by atoms with Crippen molar-refractivity contribution >= 4 is 16.1 Å². The van der Waals surface area contributed by atoms with Crippen LogP contribution in [0.3, 0.4) is 0 Å². The minimum atomic E-state index is -3.48. The molecule has 2 atom stereocenters. The summed E-state index contributed by atoms with van der Waals surface area (Å²) in [5, 5.41) is 3.00. The Balaban J connectivity index is 1.98. The number of carbonyl (C=O) groups excluding carboxylic acids is 1. The Morgan fingerprint density at radius 3 is 2.58 bits per heavy atom. The van der Waals surface area contributed by atoms with Crippen LogP contribution in [0.4, 0.5) is 0 Å². The van der Waals surface area contributed by atoms with Gasteiger partial charge in [0.15, 0.2) is 0 Å². The molecule has 1 N–H and O–H groups in total. The SMILES string of the molecule is CCOc1ccc([C@@H](C)NC(=O)[C@H]2CCCN(S(=O)(=O)N(C)C)C2)cc1. The van der Waals surface area contributed by atoms with Crippen LogP contribution in [0.2, 0.25) is 0 Å². The van der Waals surface area contributed by atoms with Crippen molar-refractivity contribution in [3.05, 3.63) is 29.8 Å². The monoisotopic (exact) mass is 383 g/mol. The summed E-state index contributed by atoms with van der Waals surface area (Å²) < 4.78 is 32.6. The molecule has 7 nitrogen and oxygen atoms in total. The predicted molar refractivity (Wildman–Crippen MR) is 101 cm³/mol. The lowest BCUT2D eigenvalue weighted by Crippen LogP contribution is -2.49. The number of nitrogens with zero attached hydrogens (tertiary/aromatic N) is 2. The standard InChI is InChI=1S/C18H29N3O4S/c1-5-25-17-10-8-15(9-11-17)14(2)19-18(22)16-7-6-12-21(13-16)26(23,24)20(3)4/h8-11,14,16H,5-7,12-13H2,1-4H3,(H,19,22)/t14-,16+/m1/s1. The van der Waals surface area contributed by atoms with Crippen molar-refractivity contribution in [1.29, 1.82) is 0 Å². The normalized spacial score (nSPS) is 20.0. The third-order valence-electron chi connectivity index (χ3n) is 4.59. The molecule has 0 aromatic heterocycles. The van der Waals surface area contributed by atoms with Crippen LogP contribution in [0.1, 0.15) is 38.3 Å². The summed E-state index contributed by atoms with van der Waals surface area (Å²) in [7, 11) is -0.471. The van der Waals surface area contributed by atoms with Gasteiger partial charge in [-0.25, -0.2) is 0 Å². The molecule has 0 aliphatic carbocycles. The molecule has 146 valence electrons. The summed E-state index contributed by atoms with van der Waals surface area (Å²) in [6, 6.07) is 7.47. The molecule has 0 radical (unpaired) electrons. The first-order valence-corrected chi connectivity index (χ1v) is 10.4. The number of amides is 1. The summed E-state index contributed by atoms with van der Waals surface area (Å²) in [6.07, 6.45) is 1.38. The molecule has 1 aliphatic heterocycles. The van der Waals surface area contributed by atoms with E-state index < -0.39 is 10.2 Å². The van der Waals surface area contributed by atoms with Gasteiger partial charge in [0.05, 0.1) is 18.6 Å². The lowest BCUT2D eigenvalue weighted by molar-refractivity contribution is -0.126. The number of piperidine rings is 1. The number of benzene rings is 1. The minimum Gasteiger partial charge on any atom is -0.494 e. The van der Waals surface area contributed by atoms with Crippen LogP contribution < -0.4 is 10.1 Å². The van der Waals surface area contributed by atoms with Crippen LogP contribution >= 0.6 is 0 Å². The third-order valence-corrected chi connectivity index (χ3v) is 6.50. The minimum absolute atomic E-state index is 0.106. The van der Waals surface area contributed by atoms with Crippen molar-refractivity contribution in [2.75, 3.05) is 33.8 Å². The second-order valence-electron chi connectivity index (χ2n) is 6.72. The topological polar surface area (TPSA) is 79.0 Å². The Hall–Kier alpha value is -1.64. The van der Waals surface area contributed by atoms with Gasteiger partial charge in [-0.05, 0) is 44.4 Å². The second-order valence-corrected chi connectivity index (χ2v) is 8.86. The van der Waals surface area contributed by atoms with Gasteiger partial charge in [0, 0.05) is 27.2 Å². The molecule has 0 spiro atoms. The van der Waals surface area contributed by atoms with Crippen LogP contribution in [0, 0.1) is 5.92 Å². The van der Waals surface area contributed by atoms with E-state index in [9.17, 15) is 13.2 Å². The number of nitrogens with one attached hydrogen (secondary N) is 1. The lowest BCUT2D eigenvalue weighted by Gasteiger charge is -2.33. The Labute approximate surface area is 156 Å². The maximum atomic E-state index is 12.6. The predicted octanol–water partition coefficient (Wildman–Crippen LogP) is 1.78. The van der Waals surface area contributed by atoms with E-state index in [1.54, 1.807) is 0 Å². The van der Waals surface area contributed by atoms with Gasteiger partial charge in [0.1, 0.15) is 5.75 Å². The van der Waals surface area contributed by atoms with E-state index in [1.807, 2.05) is 38.1 Å². The molecule has 1 saturated heterocycles. The molecule has 1 amide bonds. The van der Waals surface area contributed by atoms with Crippen LogP contribution in [-0.4, -0.2) is 56.7 Å². The maximum absolute atomic E-state index is 12.6. The summed E-state index contributed by atoms with van der Waals surface area (Å²) >= 11 is 0. The molecule has 0 unspecified atom stereocenters. The Morgan fingerprint density at radius 1 is 1.35 bits per heavy atom. The Morgan fingerprint density at radius 2 is 2.00 bits per heavy atom. The molecule has 1 aromatic rings. The summed E-state index contributed by atoms with van der Waals surface area (Å²) in [6.45, 7) is 5.15. The molecule has 0 bridgehead atoms. The molecule has 8 heteroatoms. The van der Waals surface area contributed by atoms with E-state index in [0.717, 1.165) is 11.3 Å². The van der Waals surface area contributed by atoms with Crippen molar-refractivity contribution in [2.45, 2.75) is 32.7 Å². The van der Waals surface area contributed by atoms with Crippen molar-refractivity contribution in [1.82, 2.24) is 13.9 Å². The lowest BCUT2D eigenvalue weighted by atomic mass is 9.98. The first-order valence-electron chi connectivity index (χ1n) is 8.96.